The lowest BCUT2D eigenvalue weighted by molar-refractivity contribution is -0.263. The van der Waals surface area contributed by atoms with Gasteiger partial charge in [-0.15, -0.1) is 0 Å². The maximum absolute atomic E-state index is 11.9. The molecule has 1 rings (SSSR count). The van der Waals surface area contributed by atoms with Gasteiger partial charge in [-0.2, -0.15) is 0 Å². The fraction of sp³-hybridized carbons (Fsp3) is 0.969. The molecular formula is C32H64N2O8. The SMILES string of the molecule is CCCC(C)(O)[C@H](O)[C@@H](C)N(C)C[C@H](C)CCCOC[C@@H](C)C(O[C@H]1CC(N(CC)CC)[C@H](O)C(C)O1)[C@@H](C)C(=O)O. The Hall–Kier alpha value is -0.850. The van der Waals surface area contributed by atoms with E-state index in [-0.39, 0.29) is 18.0 Å². The summed E-state index contributed by atoms with van der Waals surface area (Å²) in [6, 6.07) is -0.279. The Morgan fingerprint density at radius 2 is 1.76 bits per heavy atom. The maximum Gasteiger partial charge on any atom is 0.308 e. The number of aliphatic carboxylic acids is 1. The molecule has 10 heteroatoms. The standard InChI is InChI=1S/C32H64N2O8/c1-11-16-32(9,39)30(36)24(7)33(10)19-21(4)15-14-17-40-20-22(5)29(23(6)31(37)38)42-27-18-26(34(12-2)13-3)28(35)25(8)41-27/h21-30,35-36,39H,11-20H2,1-10H3,(H,37,38)/t21-,22-,23-,24-,25?,26?,27+,28-,29?,30-,32?/m1/s1. The number of aliphatic hydroxyl groups excluding tert-OH is 2. The Kier molecular flexibility index (Phi) is 17.6. The van der Waals surface area contributed by atoms with E-state index in [9.17, 15) is 25.2 Å². The van der Waals surface area contributed by atoms with E-state index in [1.807, 2.05) is 34.7 Å². The molecule has 1 aliphatic heterocycles. The molecule has 0 saturated carbocycles. The van der Waals surface area contributed by atoms with Crippen molar-refractivity contribution in [2.75, 3.05) is 39.9 Å². The van der Waals surface area contributed by atoms with E-state index >= 15 is 0 Å². The van der Waals surface area contributed by atoms with Gasteiger partial charge in [0.2, 0.25) is 0 Å². The van der Waals surface area contributed by atoms with Crippen LogP contribution in [-0.4, -0.2) is 124 Å². The van der Waals surface area contributed by atoms with Crippen molar-refractivity contribution < 1.29 is 39.4 Å². The maximum atomic E-state index is 11.9. The minimum absolute atomic E-state index is 0.113. The molecule has 0 radical (unpaired) electrons. The zero-order valence-corrected chi connectivity index (χ0v) is 28.2. The van der Waals surface area contributed by atoms with Crippen LogP contribution in [0, 0.1) is 17.8 Å². The van der Waals surface area contributed by atoms with Gasteiger partial charge in [0.1, 0.15) is 0 Å². The summed E-state index contributed by atoms with van der Waals surface area (Å²) in [6.45, 7) is 20.7. The average Bonchev–Trinajstić information content (AvgIpc) is 2.92. The van der Waals surface area contributed by atoms with Gasteiger partial charge in [0.05, 0.1) is 42.5 Å². The number of carbonyl (C=O) groups is 1. The molecule has 0 aliphatic carbocycles. The molecule has 4 N–H and O–H groups in total. The van der Waals surface area contributed by atoms with E-state index in [0.29, 0.717) is 32.0 Å². The number of carboxylic acids is 1. The lowest BCUT2D eigenvalue weighted by atomic mass is 9.88. The van der Waals surface area contributed by atoms with Gasteiger partial charge in [-0.25, -0.2) is 0 Å². The van der Waals surface area contributed by atoms with Crippen molar-refractivity contribution in [2.24, 2.45) is 17.8 Å². The monoisotopic (exact) mass is 604 g/mol. The number of aliphatic hydroxyl groups is 3. The molecule has 250 valence electrons. The number of carboxylic acid groups (broad SMARTS) is 1. The number of rotatable bonds is 21. The molecule has 1 saturated heterocycles. The van der Waals surface area contributed by atoms with Crippen LogP contribution in [0.4, 0.5) is 0 Å². The van der Waals surface area contributed by atoms with E-state index in [0.717, 1.165) is 38.9 Å². The Balaban J connectivity index is 2.61. The van der Waals surface area contributed by atoms with E-state index in [2.05, 4.69) is 30.6 Å². The van der Waals surface area contributed by atoms with E-state index < -0.39 is 48.2 Å². The highest BCUT2D eigenvalue weighted by Gasteiger charge is 2.41. The summed E-state index contributed by atoms with van der Waals surface area (Å²) in [5.74, 6) is -1.46. The van der Waals surface area contributed by atoms with Gasteiger partial charge in [0, 0.05) is 37.6 Å². The van der Waals surface area contributed by atoms with Crippen LogP contribution in [0.5, 0.6) is 0 Å². The van der Waals surface area contributed by atoms with Crippen LogP contribution in [-0.2, 0) is 19.0 Å². The zero-order chi connectivity index (χ0) is 32.2. The van der Waals surface area contributed by atoms with E-state index in [1.165, 1.54) is 0 Å². The first kappa shape index (κ1) is 39.2. The van der Waals surface area contributed by atoms with Gasteiger partial charge in [-0.05, 0) is 73.0 Å². The van der Waals surface area contributed by atoms with Crippen LogP contribution in [0.3, 0.4) is 0 Å². The topological polar surface area (TPSA) is 132 Å². The Morgan fingerprint density at radius 3 is 2.31 bits per heavy atom. The Labute approximate surface area is 255 Å². The highest BCUT2D eigenvalue weighted by atomic mass is 16.7. The Morgan fingerprint density at radius 1 is 1.14 bits per heavy atom. The van der Waals surface area contributed by atoms with Crippen LogP contribution in [0.1, 0.15) is 94.4 Å². The van der Waals surface area contributed by atoms with Crippen LogP contribution >= 0.6 is 0 Å². The van der Waals surface area contributed by atoms with Crippen LogP contribution in [0.15, 0.2) is 0 Å². The smallest absolute Gasteiger partial charge is 0.308 e. The molecule has 4 unspecified atom stereocenters. The van der Waals surface area contributed by atoms with Gasteiger partial charge in [0.25, 0.3) is 0 Å². The normalized spacial score (nSPS) is 27.3. The number of ether oxygens (including phenoxy) is 3. The van der Waals surface area contributed by atoms with Gasteiger partial charge >= 0.3 is 5.97 Å². The third-order valence-corrected chi connectivity index (χ3v) is 9.22. The second-order valence-corrected chi connectivity index (χ2v) is 13.0. The van der Waals surface area contributed by atoms with Gasteiger partial charge in [-0.1, -0.05) is 41.0 Å². The fourth-order valence-corrected chi connectivity index (χ4v) is 6.29. The lowest BCUT2D eigenvalue weighted by Crippen LogP contribution is -2.56. The zero-order valence-electron chi connectivity index (χ0n) is 28.2. The largest absolute Gasteiger partial charge is 0.481 e. The minimum Gasteiger partial charge on any atom is -0.481 e. The molecule has 0 aromatic rings. The second-order valence-electron chi connectivity index (χ2n) is 13.0. The molecule has 11 atom stereocenters. The summed E-state index contributed by atoms with van der Waals surface area (Å²) in [5, 5.41) is 41.8. The molecule has 0 aromatic carbocycles. The summed E-state index contributed by atoms with van der Waals surface area (Å²) < 4.78 is 18.3. The molecule has 1 aliphatic rings. The summed E-state index contributed by atoms with van der Waals surface area (Å²) in [4.78, 5) is 16.2. The van der Waals surface area contributed by atoms with Crippen LogP contribution in [0.2, 0.25) is 0 Å². The first-order valence-electron chi connectivity index (χ1n) is 16.2. The average molecular weight is 605 g/mol. The van der Waals surface area contributed by atoms with Gasteiger partial charge < -0.3 is 39.5 Å². The minimum atomic E-state index is -1.11. The highest BCUT2D eigenvalue weighted by Crippen LogP contribution is 2.29. The van der Waals surface area contributed by atoms with Crippen molar-refractivity contribution >= 4 is 5.97 Å². The summed E-state index contributed by atoms with van der Waals surface area (Å²) in [7, 11) is 1.98. The van der Waals surface area contributed by atoms with E-state index in [4.69, 9.17) is 14.2 Å². The predicted octanol–water partition coefficient (Wildman–Crippen LogP) is 3.60. The molecule has 1 fully saturated rings. The molecule has 10 nitrogen and oxygen atoms in total. The van der Waals surface area contributed by atoms with Crippen molar-refractivity contribution in [1.82, 2.24) is 9.80 Å². The second kappa shape index (κ2) is 18.8. The predicted molar refractivity (Wildman–Crippen MR) is 165 cm³/mol. The van der Waals surface area contributed by atoms with Crippen molar-refractivity contribution in [1.29, 1.82) is 0 Å². The number of nitrogens with zero attached hydrogens (tertiary/aromatic N) is 2. The van der Waals surface area contributed by atoms with Crippen molar-refractivity contribution in [2.45, 2.75) is 143 Å². The molecule has 1 heterocycles. The molecule has 42 heavy (non-hydrogen) atoms. The summed E-state index contributed by atoms with van der Waals surface area (Å²) in [5.41, 5.74) is -1.11. The third kappa shape index (κ3) is 11.9. The van der Waals surface area contributed by atoms with Crippen molar-refractivity contribution in [3.63, 3.8) is 0 Å². The Bertz CT molecular complexity index is 750. The first-order chi connectivity index (χ1) is 19.6. The molecule has 0 amide bonds. The first-order valence-corrected chi connectivity index (χ1v) is 16.2. The molecular weight excluding hydrogens is 540 g/mol. The van der Waals surface area contributed by atoms with Crippen LogP contribution < -0.4 is 0 Å². The van der Waals surface area contributed by atoms with Crippen molar-refractivity contribution in [3.05, 3.63) is 0 Å². The number of hydrogen-bond acceptors (Lipinski definition) is 9. The fourth-order valence-electron chi connectivity index (χ4n) is 6.29. The molecule has 0 spiro atoms. The molecule has 0 bridgehead atoms. The number of likely N-dealkylation sites (N-methyl/N-ethyl adjacent to an activating group) is 2. The highest BCUT2D eigenvalue weighted by molar-refractivity contribution is 5.70. The van der Waals surface area contributed by atoms with Gasteiger partial charge in [-0.3, -0.25) is 9.69 Å². The van der Waals surface area contributed by atoms with Crippen LogP contribution in [0.25, 0.3) is 0 Å². The van der Waals surface area contributed by atoms with E-state index in [1.54, 1.807) is 13.8 Å². The summed E-state index contributed by atoms with van der Waals surface area (Å²) >= 11 is 0. The van der Waals surface area contributed by atoms with Crippen molar-refractivity contribution in [3.8, 4) is 0 Å². The molecule has 0 aromatic heterocycles. The number of hydrogen-bond donors (Lipinski definition) is 4. The summed E-state index contributed by atoms with van der Waals surface area (Å²) in [6.07, 6.45) is 0.574. The lowest BCUT2D eigenvalue weighted by Gasteiger charge is -2.44. The van der Waals surface area contributed by atoms with Gasteiger partial charge in [0.15, 0.2) is 6.29 Å². The third-order valence-electron chi connectivity index (χ3n) is 9.22. The quantitative estimate of drug-likeness (QED) is 0.144.